The molecule has 18 heavy (non-hydrogen) atoms. The molecule has 5 nitrogen and oxygen atoms in total. The van der Waals surface area contributed by atoms with Crippen LogP contribution in [0.15, 0.2) is 34.8 Å². The molecule has 0 saturated carbocycles. The van der Waals surface area contributed by atoms with Gasteiger partial charge < -0.3 is 9.84 Å². The van der Waals surface area contributed by atoms with Gasteiger partial charge in [-0.2, -0.15) is 5.10 Å². The minimum atomic E-state index is -1.04. The first-order valence-electron chi connectivity index (χ1n) is 5.31. The van der Waals surface area contributed by atoms with Crippen LogP contribution in [0.2, 0.25) is 0 Å². The molecular formula is C12H11BrN2O3. The summed E-state index contributed by atoms with van der Waals surface area (Å²) in [5, 5.41) is 15.0. The molecular weight excluding hydrogens is 300 g/mol. The fourth-order valence-corrected chi connectivity index (χ4v) is 1.67. The summed E-state index contributed by atoms with van der Waals surface area (Å²) in [5.41, 5.74) is 0.762. The predicted molar refractivity (Wildman–Crippen MR) is 68.9 cm³/mol. The van der Waals surface area contributed by atoms with Gasteiger partial charge in [0.1, 0.15) is 5.75 Å². The zero-order valence-electron chi connectivity index (χ0n) is 9.39. The van der Waals surface area contributed by atoms with Gasteiger partial charge in [-0.1, -0.05) is 15.9 Å². The topological polar surface area (TPSA) is 75.2 Å². The van der Waals surface area contributed by atoms with Crippen LogP contribution in [0.5, 0.6) is 5.75 Å². The largest absolute Gasteiger partial charge is 0.493 e. The molecule has 2 N–H and O–H groups in total. The SMILES string of the molecule is O=C(O)c1cc(CCOc2ccc(Br)cc2)[nH]n1. The number of halogens is 1. The van der Waals surface area contributed by atoms with Crippen molar-refractivity contribution in [2.24, 2.45) is 0 Å². The molecule has 0 bridgehead atoms. The van der Waals surface area contributed by atoms with Crippen molar-refractivity contribution in [3.05, 3.63) is 46.2 Å². The van der Waals surface area contributed by atoms with E-state index >= 15 is 0 Å². The van der Waals surface area contributed by atoms with Gasteiger partial charge in [-0.05, 0) is 30.3 Å². The third-order valence-corrected chi connectivity index (χ3v) is 2.83. The summed E-state index contributed by atoms with van der Waals surface area (Å²) >= 11 is 3.34. The monoisotopic (exact) mass is 310 g/mol. The van der Waals surface area contributed by atoms with Crippen molar-refractivity contribution in [2.75, 3.05) is 6.61 Å². The maximum absolute atomic E-state index is 10.6. The number of hydrogen-bond acceptors (Lipinski definition) is 3. The average Bonchev–Trinajstić information content (AvgIpc) is 2.81. The Morgan fingerprint density at radius 1 is 1.39 bits per heavy atom. The summed E-state index contributed by atoms with van der Waals surface area (Å²) in [6.45, 7) is 0.461. The van der Waals surface area contributed by atoms with Gasteiger partial charge in [0.15, 0.2) is 5.69 Å². The van der Waals surface area contributed by atoms with Crippen LogP contribution in [-0.2, 0) is 6.42 Å². The number of aromatic nitrogens is 2. The Kier molecular flexibility index (Phi) is 3.99. The molecule has 0 fully saturated rings. The number of carbonyl (C=O) groups is 1. The molecule has 0 atom stereocenters. The summed E-state index contributed by atoms with van der Waals surface area (Å²) in [5.74, 6) is -0.262. The Labute approximate surface area is 112 Å². The molecule has 0 aliphatic heterocycles. The van der Waals surface area contributed by atoms with Gasteiger partial charge in [-0.3, -0.25) is 5.10 Å². The molecule has 0 spiro atoms. The van der Waals surface area contributed by atoms with Crippen LogP contribution in [-0.4, -0.2) is 27.9 Å². The fourth-order valence-electron chi connectivity index (χ4n) is 1.41. The lowest BCUT2D eigenvalue weighted by Crippen LogP contribution is -2.01. The minimum absolute atomic E-state index is 0.0219. The number of H-pyrrole nitrogens is 1. The van der Waals surface area contributed by atoms with Crippen LogP contribution in [0.25, 0.3) is 0 Å². The Hall–Kier alpha value is -1.82. The first-order chi connectivity index (χ1) is 8.65. The molecule has 1 aromatic heterocycles. The number of hydrogen-bond donors (Lipinski definition) is 2. The number of nitrogens with zero attached hydrogens (tertiary/aromatic N) is 1. The van der Waals surface area contributed by atoms with Gasteiger partial charge in [0.05, 0.1) is 6.61 Å². The number of nitrogens with one attached hydrogen (secondary N) is 1. The fraction of sp³-hybridized carbons (Fsp3) is 0.167. The first kappa shape index (κ1) is 12.6. The molecule has 1 heterocycles. The van der Waals surface area contributed by atoms with E-state index in [4.69, 9.17) is 9.84 Å². The quantitative estimate of drug-likeness (QED) is 0.889. The van der Waals surface area contributed by atoms with E-state index < -0.39 is 5.97 Å². The van der Waals surface area contributed by atoms with Crippen molar-refractivity contribution in [3.63, 3.8) is 0 Å². The minimum Gasteiger partial charge on any atom is -0.493 e. The number of aromatic amines is 1. The molecule has 2 rings (SSSR count). The number of aromatic carboxylic acids is 1. The Morgan fingerprint density at radius 2 is 2.11 bits per heavy atom. The Balaban J connectivity index is 1.84. The molecule has 6 heteroatoms. The maximum Gasteiger partial charge on any atom is 0.356 e. The van der Waals surface area contributed by atoms with Crippen molar-refractivity contribution >= 4 is 21.9 Å². The van der Waals surface area contributed by atoms with Crippen LogP contribution < -0.4 is 4.74 Å². The molecule has 1 aromatic carbocycles. The summed E-state index contributed by atoms with van der Waals surface area (Å²) in [6.07, 6.45) is 0.580. The second kappa shape index (κ2) is 5.68. The van der Waals surface area contributed by atoms with Crippen LogP contribution in [0.1, 0.15) is 16.2 Å². The van der Waals surface area contributed by atoms with Crippen LogP contribution in [0.4, 0.5) is 0 Å². The summed E-state index contributed by atoms with van der Waals surface area (Å²) in [6, 6.07) is 9.02. The zero-order chi connectivity index (χ0) is 13.0. The second-order valence-corrected chi connectivity index (χ2v) is 4.55. The third kappa shape index (κ3) is 3.33. The highest BCUT2D eigenvalue weighted by Gasteiger charge is 2.07. The molecule has 0 radical (unpaired) electrons. The Bertz CT molecular complexity index is 537. The highest BCUT2D eigenvalue weighted by molar-refractivity contribution is 9.10. The van der Waals surface area contributed by atoms with Crippen molar-refractivity contribution in [2.45, 2.75) is 6.42 Å². The smallest absolute Gasteiger partial charge is 0.356 e. The van der Waals surface area contributed by atoms with E-state index in [1.807, 2.05) is 24.3 Å². The van der Waals surface area contributed by atoms with Crippen molar-refractivity contribution < 1.29 is 14.6 Å². The van der Waals surface area contributed by atoms with Gasteiger partial charge in [-0.25, -0.2) is 4.79 Å². The number of rotatable bonds is 5. The van der Waals surface area contributed by atoms with E-state index in [2.05, 4.69) is 26.1 Å². The van der Waals surface area contributed by atoms with E-state index in [-0.39, 0.29) is 5.69 Å². The number of ether oxygens (including phenoxy) is 1. The highest BCUT2D eigenvalue weighted by atomic mass is 79.9. The van der Waals surface area contributed by atoms with Gasteiger partial charge in [0.2, 0.25) is 0 Å². The molecule has 0 unspecified atom stereocenters. The van der Waals surface area contributed by atoms with E-state index in [1.54, 1.807) is 0 Å². The highest BCUT2D eigenvalue weighted by Crippen LogP contribution is 2.16. The molecule has 0 aliphatic rings. The normalized spacial score (nSPS) is 10.3. The third-order valence-electron chi connectivity index (χ3n) is 2.30. The zero-order valence-corrected chi connectivity index (χ0v) is 11.0. The van der Waals surface area contributed by atoms with Crippen LogP contribution >= 0.6 is 15.9 Å². The maximum atomic E-state index is 10.6. The van der Waals surface area contributed by atoms with Crippen molar-refractivity contribution in [1.29, 1.82) is 0 Å². The lowest BCUT2D eigenvalue weighted by Gasteiger charge is -2.04. The lowest BCUT2D eigenvalue weighted by molar-refractivity contribution is 0.0690. The van der Waals surface area contributed by atoms with E-state index in [0.717, 1.165) is 15.9 Å². The van der Waals surface area contributed by atoms with E-state index in [9.17, 15) is 4.79 Å². The van der Waals surface area contributed by atoms with Crippen LogP contribution in [0, 0.1) is 0 Å². The van der Waals surface area contributed by atoms with Gasteiger partial charge in [0.25, 0.3) is 0 Å². The predicted octanol–water partition coefficient (Wildman–Crippen LogP) is 2.49. The van der Waals surface area contributed by atoms with E-state index in [0.29, 0.717) is 13.0 Å². The summed E-state index contributed by atoms with van der Waals surface area (Å²) in [7, 11) is 0. The number of carboxylic acids is 1. The van der Waals surface area contributed by atoms with Crippen molar-refractivity contribution in [1.82, 2.24) is 10.2 Å². The standard InChI is InChI=1S/C12H11BrN2O3/c13-8-1-3-10(4-2-8)18-6-5-9-7-11(12(16)17)15-14-9/h1-4,7H,5-6H2,(H,14,15)(H,16,17). The summed E-state index contributed by atoms with van der Waals surface area (Å²) in [4.78, 5) is 10.6. The van der Waals surface area contributed by atoms with Crippen molar-refractivity contribution in [3.8, 4) is 5.75 Å². The number of benzene rings is 1. The molecule has 94 valence electrons. The number of carboxylic acid groups (broad SMARTS) is 1. The van der Waals surface area contributed by atoms with Gasteiger partial charge >= 0.3 is 5.97 Å². The lowest BCUT2D eigenvalue weighted by atomic mass is 10.3. The molecule has 2 aromatic rings. The molecule has 0 amide bonds. The van der Waals surface area contributed by atoms with Crippen LogP contribution in [0.3, 0.4) is 0 Å². The first-order valence-corrected chi connectivity index (χ1v) is 6.10. The van der Waals surface area contributed by atoms with Gasteiger partial charge in [0, 0.05) is 16.6 Å². The van der Waals surface area contributed by atoms with E-state index in [1.165, 1.54) is 6.07 Å². The molecule has 0 aliphatic carbocycles. The molecule has 0 saturated heterocycles. The van der Waals surface area contributed by atoms with Gasteiger partial charge in [-0.15, -0.1) is 0 Å². The second-order valence-electron chi connectivity index (χ2n) is 3.64. The average molecular weight is 311 g/mol. The Morgan fingerprint density at radius 3 is 2.72 bits per heavy atom. The summed E-state index contributed by atoms with van der Waals surface area (Å²) < 4.78 is 6.51.